The SMILES string of the molecule is COc1cccc(CSc2cccc[n+]2[O-])c1. The molecule has 2 aromatic rings. The standard InChI is InChI=1S/C13H13NO2S/c1-16-12-6-4-5-11(9-12)10-17-13-7-2-3-8-14(13)15/h2-9H,10H2,1H3. The smallest absolute Gasteiger partial charge is 0.251 e. The topological polar surface area (TPSA) is 36.2 Å². The van der Waals surface area contributed by atoms with Gasteiger partial charge < -0.3 is 9.94 Å². The van der Waals surface area contributed by atoms with E-state index in [2.05, 4.69) is 0 Å². The van der Waals surface area contributed by atoms with Gasteiger partial charge in [-0.2, -0.15) is 4.73 Å². The van der Waals surface area contributed by atoms with Crippen LogP contribution in [0.4, 0.5) is 0 Å². The van der Waals surface area contributed by atoms with Crippen molar-refractivity contribution in [3.63, 3.8) is 0 Å². The fourth-order valence-corrected chi connectivity index (χ4v) is 2.30. The molecule has 1 aromatic carbocycles. The van der Waals surface area contributed by atoms with E-state index in [4.69, 9.17) is 4.74 Å². The Morgan fingerprint density at radius 3 is 2.88 bits per heavy atom. The molecule has 0 aliphatic heterocycles. The van der Waals surface area contributed by atoms with E-state index in [-0.39, 0.29) is 0 Å². The normalized spacial score (nSPS) is 10.2. The molecule has 0 aliphatic carbocycles. The van der Waals surface area contributed by atoms with E-state index in [9.17, 15) is 5.21 Å². The van der Waals surface area contributed by atoms with E-state index >= 15 is 0 Å². The molecule has 0 unspecified atom stereocenters. The summed E-state index contributed by atoms with van der Waals surface area (Å²) in [7, 11) is 1.65. The Morgan fingerprint density at radius 1 is 1.24 bits per heavy atom. The Balaban J connectivity index is 2.05. The zero-order valence-electron chi connectivity index (χ0n) is 9.50. The van der Waals surface area contributed by atoms with Crippen LogP contribution in [0, 0.1) is 5.21 Å². The molecule has 0 fully saturated rings. The monoisotopic (exact) mass is 247 g/mol. The number of hydrogen-bond acceptors (Lipinski definition) is 3. The molecule has 88 valence electrons. The summed E-state index contributed by atoms with van der Waals surface area (Å²) in [5, 5.41) is 12.1. The third-order valence-electron chi connectivity index (χ3n) is 2.31. The van der Waals surface area contributed by atoms with E-state index < -0.39 is 0 Å². The van der Waals surface area contributed by atoms with Crippen LogP contribution in [-0.4, -0.2) is 7.11 Å². The summed E-state index contributed by atoms with van der Waals surface area (Å²) < 4.78 is 6.03. The first-order valence-electron chi connectivity index (χ1n) is 5.23. The highest BCUT2D eigenvalue weighted by Crippen LogP contribution is 2.21. The highest BCUT2D eigenvalue weighted by molar-refractivity contribution is 7.98. The lowest BCUT2D eigenvalue weighted by Gasteiger charge is -2.05. The highest BCUT2D eigenvalue weighted by Gasteiger charge is 2.05. The molecule has 17 heavy (non-hydrogen) atoms. The van der Waals surface area contributed by atoms with Crippen molar-refractivity contribution in [1.29, 1.82) is 0 Å². The van der Waals surface area contributed by atoms with E-state index in [1.165, 1.54) is 18.0 Å². The number of thioether (sulfide) groups is 1. The molecule has 1 aromatic heterocycles. The first-order valence-corrected chi connectivity index (χ1v) is 6.22. The molecule has 0 amide bonds. The lowest BCUT2D eigenvalue weighted by molar-refractivity contribution is -0.645. The predicted octanol–water partition coefficient (Wildman–Crippen LogP) is 2.62. The van der Waals surface area contributed by atoms with Crippen LogP contribution in [0.2, 0.25) is 0 Å². The van der Waals surface area contributed by atoms with Crippen molar-refractivity contribution < 1.29 is 9.47 Å². The van der Waals surface area contributed by atoms with Crippen LogP contribution in [-0.2, 0) is 5.75 Å². The first kappa shape index (κ1) is 11.8. The Kier molecular flexibility index (Phi) is 3.88. The molecule has 0 aliphatic rings. The minimum atomic E-state index is 0.704. The van der Waals surface area contributed by atoms with Crippen molar-refractivity contribution in [1.82, 2.24) is 0 Å². The molecule has 0 saturated heterocycles. The molecule has 1 heterocycles. The van der Waals surface area contributed by atoms with Gasteiger partial charge in [-0.1, -0.05) is 23.9 Å². The molecule has 3 nitrogen and oxygen atoms in total. The van der Waals surface area contributed by atoms with E-state index in [0.717, 1.165) is 21.8 Å². The maximum atomic E-state index is 11.4. The summed E-state index contributed by atoms with van der Waals surface area (Å²) in [6.45, 7) is 0. The number of hydrogen-bond donors (Lipinski definition) is 0. The lowest BCUT2D eigenvalue weighted by Crippen LogP contribution is -2.27. The maximum absolute atomic E-state index is 11.4. The van der Waals surface area contributed by atoms with Crippen molar-refractivity contribution in [2.24, 2.45) is 0 Å². The fraction of sp³-hybridized carbons (Fsp3) is 0.154. The molecule has 0 radical (unpaired) electrons. The number of rotatable bonds is 4. The summed E-state index contributed by atoms with van der Waals surface area (Å²) in [5.74, 6) is 1.59. The molecule has 2 rings (SSSR count). The number of ether oxygens (including phenoxy) is 1. The van der Waals surface area contributed by atoms with E-state index in [1.807, 2.05) is 36.4 Å². The Bertz CT molecular complexity index is 502. The maximum Gasteiger partial charge on any atom is 0.251 e. The molecule has 0 spiro atoms. The third kappa shape index (κ3) is 3.14. The molecule has 0 atom stereocenters. The van der Waals surface area contributed by atoms with Gasteiger partial charge in [0, 0.05) is 17.9 Å². The van der Waals surface area contributed by atoms with Crippen LogP contribution in [0.3, 0.4) is 0 Å². The van der Waals surface area contributed by atoms with Crippen LogP contribution >= 0.6 is 11.8 Å². The molecule has 0 bridgehead atoms. The van der Waals surface area contributed by atoms with Gasteiger partial charge in [0.25, 0.3) is 5.03 Å². The third-order valence-corrected chi connectivity index (χ3v) is 3.40. The van der Waals surface area contributed by atoms with Crippen LogP contribution < -0.4 is 9.47 Å². The zero-order chi connectivity index (χ0) is 12.1. The Morgan fingerprint density at radius 2 is 2.12 bits per heavy atom. The van der Waals surface area contributed by atoms with Gasteiger partial charge in [0.05, 0.1) is 7.11 Å². The van der Waals surface area contributed by atoms with Gasteiger partial charge in [0.15, 0.2) is 6.20 Å². The highest BCUT2D eigenvalue weighted by atomic mass is 32.2. The Hall–Kier alpha value is -1.68. The molecule has 4 heteroatoms. The van der Waals surface area contributed by atoms with Crippen LogP contribution in [0.15, 0.2) is 53.7 Å². The van der Waals surface area contributed by atoms with E-state index in [1.54, 1.807) is 13.2 Å². The van der Waals surface area contributed by atoms with Gasteiger partial charge in [0.1, 0.15) is 5.75 Å². The number of pyridine rings is 1. The van der Waals surface area contributed by atoms with Crippen molar-refractivity contribution in [3.8, 4) is 5.75 Å². The second kappa shape index (κ2) is 5.59. The van der Waals surface area contributed by atoms with Crippen molar-refractivity contribution in [3.05, 3.63) is 59.4 Å². The van der Waals surface area contributed by atoms with E-state index in [0.29, 0.717) is 5.03 Å². The summed E-state index contributed by atoms with van der Waals surface area (Å²) >= 11 is 1.51. The second-order valence-electron chi connectivity index (χ2n) is 3.50. The summed E-state index contributed by atoms with van der Waals surface area (Å²) in [4.78, 5) is 0. The number of aromatic nitrogens is 1. The largest absolute Gasteiger partial charge is 0.618 e. The Labute approximate surface area is 105 Å². The summed E-state index contributed by atoms with van der Waals surface area (Å²) in [6.07, 6.45) is 1.51. The predicted molar refractivity (Wildman–Crippen MR) is 68.0 cm³/mol. The summed E-state index contributed by atoms with van der Waals surface area (Å²) in [5.41, 5.74) is 1.14. The minimum absolute atomic E-state index is 0.704. The average molecular weight is 247 g/mol. The first-order chi connectivity index (χ1) is 8.29. The van der Waals surface area contributed by atoms with Crippen molar-refractivity contribution >= 4 is 11.8 Å². The van der Waals surface area contributed by atoms with Crippen LogP contribution in [0.1, 0.15) is 5.56 Å². The number of benzene rings is 1. The molecular weight excluding hydrogens is 234 g/mol. The number of nitrogens with zero attached hydrogens (tertiary/aromatic N) is 1. The fourth-order valence-electron chi connectivity index (χ4n) is 1.44. The summed E-state index contributed by atoms with van der Waals surface area (Å²) in [6, 6.07) is 13.3. The van der Waals surface area contributed by atoms with Crippen molar-refractivity contribution in [2.75, 3.05) is 7.11 Å². The van der Waals surface area contributed by atoms with Gasteiger partial charge in [0.2, 0.25) is 0 Å². The van der Waals surface area contributed by atoms with Gasteiger partial charge in [-0.05, 0) is 23.8 Å². The zero-order valence-corrected chi connectivity index (χ0v) is 10.3. The van der Waals surface area contributed by atoms with Gasteiger partial charge in [-0.3, -0.25) is 0 Å². The van der Waals surface area contributed by atoms with Gasteiger partial charge >= 0.3 is 0 Å². The molecule has 0 saturated carbocycles. The molecule has 0 N–H and O–H groups in total. The molecular formula is C13H13NO2S. The quantitative estimate of drug-likeness (QED) is 0.473. The number of methoxy groups -OCH3 is 1. The minimum Gasteiger partial charge on any atom is -0.618 e. The van der Waals surface area contributed by atoms with Crippen LogP contribution in [0.25, 0.3) is 0 Å². The second-order valence-corrected chi connectivity index (χ2v) is 4.50. The van der Waals surface area contributed by atoms with Gasteiger partial charge in [-0.15, -0.1) is 0 Å². The average Bonchev–Trinajstić information content (AvgIpc) is 2.38. The van der Waals surface area contributed by atoms with Gasteiger partial charge in [-0.25, -0.2) is 0 Å². The van der Waals surface area contributed by atoms with Crippen LogP contribution in [0.5, 0.6) is 5.75 Å². The van der Waals surface area contributed by atoms with Crippen molar-refractivity contribution in [2.45, 2.75) is 10.8 Å². The lowest BCUT2D eigenvalue weighted by atomic mass is 10.2.